The third-order valence-corrected chi connectivity index (χ3v) is 4.90. The van der Waals surface area contributed by atoms with Crippen molar-refractivity contribution in [3.63, 3.8) is 0 Å². The Labute approximate surface area is 165 Å². The van der Waals surface area contributed by atoms with Crippen molar-refractivity contribution in [2.24, 2.45) is 11.1 Å². The van der Waals surface area contributed by atoms with Crippen molar-refractivity contribution < 1.29 is 0 Å². The molecular formula is C24H37N3. The lowest BCUT2D eigenvalue weighted by atomic mass is 9.92. The van der Waals surface area contributed by atoms with Gasteiger partial charge in [0.15, 0.2) is 0 Å². The van der Waals surface area contributed by atoms with Gasteiger partial charge in [0.05, 0.1) is 0 Å². The summed E-state index contributed by atoms with van der Waals surface area (Å²) in [5.74, 6) is 0. The van der Waals surface area contributed by atoms with Gasteiger partial charge in [0.1, 0.15) is 0 Å². The lowest BCUT2D eigenvalue weighted by Gasteiger charge is -2.25. The Bertz CT molecular complexity index is 619. The van der Waals surface area contributed by atoms with Crippen LogP contribution in [0.1, 0.15) is 38.3 Å². The SMILES string of the molecule is CC(C)(C)CCNC(CNC(CN)Cc1ccccc1)Cc1ccccc1. The van der Waals surface area contributed by atoms with Crippen molar-refractivity contribution >= 4 is 0 Å². The molecule has 0 radical (unpaired) electrons. The van der Waals surface area contributed by atoms with Gasteiger partial charge in [0, 0.05) is 25.2 Å². The highest BCUT2D eigenvalue weighted by molar-refractivity contribution is 5.17. The van der Waals surface area contributed by atoms with Crippen LogP contribution in [0.5, 0.6) is 0 Å². The molecule has 3 nitrogen and oxygen atoms in total. The minimum Gasteiger partial charge on any atom is -0.329 e. The Balaban J connectivity index is 1.90. The Morgan fingerprint density at radius 3 is 1.78 bits per heavy atom. The third kappa shape index (κ3) is 9.18. The van der Waals surface area contributed by atoms with Gasteiger partial charge in [-0.15, -0.1) is 0 Å². The summed E-state index contributed by atoms with van der Waals surface area (Å²) in [6.07, 6.45) is 3.17. The van der Waals surface area contributed by atoms with E-state index in [0.717, 1.165) is 25.9 Å². The maximum Gasteiger partial charge on any atom is 0.0232 e. The highest BCUT2D eigenvalue weighted by atomic mass is 15.0. The highest BCUT2D eigenvalue weighted by Crippen LogP contribution is 2.17. The van der Waals surface area contributed by atoms with E-state index in [-0.39, 0.29) is 0 Å². The molecule has 2 unspecified atom stereocenters. The molecule has 148 valence electrons. The van der Waals surface area contributed by atoms with Gasteiger partial charge in [0.2, 0.25) is 0 Å². The molecule has 2 rings (SSSR count). The second kappa shape index (κ2) is 11.2. The molecule has 0 saturated carbocycles. The second-order valence-corrected chi connectivity index (χ2v) is 8.68. The average Bonchev–Trinajstić information content (AvgIpc) is 2.65. The highest BCUT2D eigenvalue weighted by Gasteiger charge is 2.15. The van der Waals surface area contributed by atoms with Crippen LogP contribution >= 0.6 is 0 Å². The van der Waals surface area contributed by atoms with Crippen LogP contribution in [0.4, 0.5) is 0 Å². The van der Waals surface area contributed by atoms with Crippen LogP contribution in [-0.4, -0.2) is 31.7 Å². The monoisotopic (exact) mass is 367 g/mol. The van der Waals surface area contributed by atoms with Crippen LogP contribution in [0.2, 0.25) is 0 Å². The lowest BCUT2D eigenvalue weighted by Crippen LogP contribution is -2.47. The first-order chi connectivity index (χ1) is 13.0. The van der Waals surface area contributed by atoms with Gasteiger partial charge in [-0.3, -0.25) is 0 Å². The first-order valence-corrected chi connectivity index (χ1v) is 10.2. The van der Waals surface area contributed by atoms with Crippen molar-refractivity contribution in [2.75, 3.05) is 19.6 Å². The number of benzene rings is 2. The molecule has 2 atom stereocenters. The molecule has 2 aromatic carbocycles. The minimum absolute atomic E-state index is 0.301. The standard InChI is InChI=1S/C24H37N3/c1-24(2,3)14-15-26-23(17-21-12-8-5-9-13-21)19-27-22(18-25)16-20-10-6-4-7-11-20/h4-13,22-23,26-27H,14-19,25H2,1-3H3. The molecule has 0 aliphatic rings. The van der Waals surface area contributed by atoms with Gasteiger partial charge in [0.25, 0.3) is 0 Å². The van der Waals surface area contributed by atoms with Gasteiger partial charge in [-0.25, -0.2) is 0 Å². The molecule has 3 heteroatoms. The zero-order valence-electron chi connectivity index (χ0n) is 17.2. The normalized spacial score (nSPS) is 14.1. The fourth-order valence-electron chi connectivity index (χ4n) is 3.21. The third-order valence-electron chi connectivity index (χ3n) is 4.90. The van der Waals surface area contributed by atoms with E-state index in [0.29, 0.717) is 24.0 Å². The second-order valence-electron chi connectivity index (χ2n) is 8.68. The fraction of sp³-hybridized carbons (Fsp3) is 0.500. The molecule has 0 aliphatic carbocycles. The number of nitrogens with one attached hydrogen (secondary N) is 2. The predicted octanol–water partition coefficient (Wildman–Crippen LogP) is 3.78. The molecule has 4 N–H and O–H groups in total. The van der Waals surface area contributed by atoms with Gasteiger partial charge >= 0.3 is 0 Å². The molecule has 0 spiro atoms. The summed E-state index contributed by atoms with van der Waals surface area (Å²) in [6.45, 7) is 9.49. The zero-order chi connectivity index (χ0) is 19.5. The summed E-state index contributed by atoms with van der Waals surface area (Å²) in [5.41, 5.74) is 9.09. The van der Waals surface area contributed by atoms with E-state index in [2.05, 4.69) is 92.1 Å². The van der Waals surface area contributed by atoms with E-state index in [1.54, 1.807) is 0 Å². The van der Waals surface area contributed by atoms with Crippen molar-refractivity contribution in [1.82, 2.24) is 10.6 Å². The molecule has 0 fully saturated rings. The van der Waals surface area contributed by atoms with Gasteiger partial charge < -0.3 is 16.4 Å². The molecule has 0 bridgehead atoms. The van der Waals surface area contributed by atoms with Gasteiger partial charge in [-0.1, -0.05) is 81.4 Å². The van der Waals surface area contributed by atoms with Crippen LogP contribution in [0.15, 0.2) is 60.7 Å². The molecule has 2 aromatic rings. The number of rotatable bonds is 11. The van der Waals surface area contributed by atoms with Crippen LogP contribution in [0, 0.1) is 5.41 Å². The molecule has 0 heterocycles. The average molecular weight is 368 g/mol. The molecule has 0 saturated heterocycles. The van der Waals surface area contributed by atoms with Gasteiger partial charge in [-0.05, 0) is 42.3 Å². The van der Waals surface area contributed by atoms with E-state index in [4.69, 9.17) is 5.73 Å². The first kappa shape index (κ1) is 21.6. The molecule has 0 amide bonds. The summed E-state index contributed by atoms with van der Waals surface area (Å²) in [5, 5.41) is 7.46. The molecule has 27 heavy (non-hydrogen) atoms. The molecule has 0 aliphatic heterocycles. The number of hydrogen-bond acceptors (Lipinski definition) is 3. The number of nitrogens with two attached hydrogens (primary N) is 1. The van der Waals surface area contributed by atoms with Crippen LogP contribution < -0.4 is 16.4 Å². The van der Waals surface area contributed by atoms with Crippen molar-refractivity contribution in [2.45, 2.75) is 52.1 Å². The first-order valence-electron chi connectivity index (χ1n) is 10.2. The minimum atomic E-state index is 0.301. The summed E-state index contributed by atoms with van der Waals surface area (Å²) in [4.78, 5) is 0. The zero-order valence-corrected chi connectivity index (χ0v) is 17.2. The van der Waals surface area contributed by atoms with Crippen molar-refractivity contribution in [1.29, 1.82) is 0 Å². The Kier molecular flexibility index (Phi) is 8.99. The summed E-state index contributed by atoms with van der Waals surface area (Å²) >= 11 is 0. The predicted molar refractivity (Wildman–Crippen MR) is 117 cm³/mol. The summed E-state index contributed by atoms with van der Waals surface area (Å²) < 4.78 is 0. The van der Waals surface area contributed by atoms with Gasteiger partial charge in [-0.2, -0.15) is 0 Å². The van der Waals surface area contributed by atoms with E-state index < -0.39 is 0 Å². The quantitative estimate of drug-likeness (QED) is 0.566. The molecule has 0 aromatic heterocycles. The number of hydrogen-bond donors (Lipinski definition) is 3. The largest absolute Gasteiger partial charge is 0.329 e. The van der Waals surface area contributed by atoms with Crippen molar-refractivity contribution in [3.05, 3.63) is 71.8 Å². The smallest absolute Gasteiger partial charge is 0.0232 e. The maximum atomic E-state index is 6.03. The Morgan fingerprint density at radius 1 is 0.778 bits per heavy atom. The van der Waals surface area contributed by atoms with Crippen LogP contribution in [-0.2, 0) is 12.8 Å². The summed E-state index contributed by atoms with van der Waals surface area (Å²) in [7, 11) is 0. The topological polar surface area (TPSA) is 50.1 Å². The Hall–Kier alpha value is -1.68. The van der Waals surface area contributed by atoms with Crippen LogP contribution in [0.25, 0.3) is 0 Å². The van der Waals surface area contributed by atoms with E-state index in [9.17, 15) is 0 Å². The van der Waals surface area contributed by atoms with Crippen molar-refractivity contribution in [3.8, 4) is 0 Å². The van der Waals surface area contributed by atoms with E-state index in [1.165, 1.54) is 17.5 Å². The molecular weight excluding hydrogens is 330 g/mol. The van der Waals surface area contributed by atoms with Crippen LogP contribution in [0.3, 0.4) is 0 Å². The fourth-order valence-corrected chi connectivity index (χ4v) is 3.21. The lowest BCUT2D eigenvalue weighted by molar-refractivity contribution is 0.344. The van der Waals surface area contributed by atoms with E-state index in [1.807, 2.05) is 0 Å². The van der Waals surface area contributed by atoms with E-state index >= 15 is 0 Å². The summed E-state index contributed by atoms with van der Waals surface area (Å²) in [6, 6.07) is 22.0. The maximum absolute atomic E-state index is 6.03. The Morgan fingerprint density at radius 2 is 1.30 bits per heavy atom.